The SMILES string of the molecule is CCOC(=O)c1coc(N2C[C@@H](Oc3ccc(C(F)(F)F)cc3)C[C@H]2CO)n1. The number of anilines is 1. The molecule has 0 amide bonds. The van der Waals surface area contributed by atoms with Crippen LogP contribution in [0.1, 0.15) is 29.4 Å². The number of benzene rings is 1. The number of oxazole rings is 1. The Bertz CT molecular complexity index is 806. The average molecular weight is 400 g/mol. The van der Waals surface area contributed by atoms with Crippen LogP contribution in [-0.2, 0) is 10.9 Å². The highest BCUT2D eigenvalue weighted by molar-refractivity contribution is 5.87. The lowest BCUT2D eigenvalue weighted by Crippen LogP contribution is -2.32. The molecule has 1 N–H and O–H groups in total. The second-order valence-corrected chi connectivity index (χ2v) is 6.22. The molecule has 1 aromatic carbocycles. The Morgan fingerprint density at radius 1 is 1.36 bits per heavy atom. The Kier molecular flexibility index (Phi) is 5.78. The van der Waals surface area contributed by atoms with Crippen LogP contribution in [0.4, 0.5) is 19.2 Å². The van der Waals surface area contributed by atoms with Gasteiger partial charge in [0.2, 0.25) is 0 Å². The highest BCUT2D eigenvalue weighted by Gasteiger charge is 2.36. The predicted molar refractivity (Wildman–Crippen MR) is 91.2 cm³/mol. The number of esters is 1. The Hall–Kier alpha value is -2.75. The molecule has 0 radical (unpaired) electrons. The lowest BCUT2D eigenvalue weighted by Gasteiger charge is -2.19. The molecule has 0 saturated carbocycles. The van der Waals surface area contributed by atoms with Crippen molar-refractivity contribution >= 4 is 12.0 Å². The molecule has 1 aliphatic heterocycles. The van der Waals surface area contributed by atoms with E-state index in [0.29, 0.717) is 6.42 Å². The minimum atomic E-state index is -4.41. The Balaban J connectivity index is 1.67. The van der Waals surface area contributed by atoms with E-state index in [4.69, 9.17) is 13.9 Å². The second-order valence-electron chi connectivity index (χ2n) is 6.22. The first kappa shape index (κ1) is 20.0. The summed E-state index contributed by atoms with van der Waals surface area (Å²) in [5.41, 5.74) is -0.743. The maximum absolute atomic E-state index is 12.6. The minimum absolute atomic E-state index is 0.0145. The highest BCUT2D eigenvalue weighted by atomic mass is 19.4. The number of alkyl halides is 3. The maximum atomic E-state index is 12.6. The summed E-state index contributed by atoms with van der Waals surface area (Å²) < 4.78 is 53.8. The van der Waals surface area contributed by atoms with Crippen molar-refractivity contribution in [3.05, 3.63) is 41.8 Å². The van der Waals surface area contributed by atoms with Crippen LogP contribution < -0.4 is 9.64 Å². The Labute approximate surface area is 158 Å². The van der Waals surface area contributed by atoms with Crippen molar-refractivity contribution < 1.29 is 37.0 Å². The van der Waals surface area contributed by atoms with Crippen molar-refractivity contribution in [2.24, 2.45) is 0 Å². The van der Waals surface area contributed by atoms with Crippen LogP contribution >= 0.6 is 0 Å². The van der Waals surface area contributed by atoms with Gasteiger partial charge in [0.05, 0.1) is 31.4 Å². The summed E-state index contributed by atoms with van der Waals surface area (Å²) in [5, 5.41) is 9.62. The molecule has 0 spiro atoms. The third-order valence-corrected chi connectivity index (χ3v) is 4.29. The number of carbonyl (C=O) groups is 1. The van der Waals surface area contributed by atoms with Gasteiger partial charge in [-0.05, 0) is 31.2 Å². The number of hydrogen-bond acceptors (Lipinski definition) is 7. The van der Waals surface area contributed by atoms with Crippen LogP contribution in [0.5, 0.6) is 5.75 Å². The lowest BCUT2D eigenvalue weighted by atomic mass is 10.2. The van der Waals surface area contributed by atoms with Crippen LogP contribution in [0.3, 0.4) is 0 Å². The molecule has 28 heavy (non-hydrogen) atoms. The summed E-state index contributed by atoms with van der Waals surface area (Å²) >= 11 is 0. The topological polar surface area (TPSA) is 85.0 Å². The van der Waals surface area contributed by atoms with Gasteiger partial charge in [0.25, 0.3) is 6.01 Å². The van der Waals surface area contributed by atoms with E-state index in [2.05, 4.69) is 4.98 Å². The van der Waals surface area contributed by atoms with Gasteiger partial charge >= 0.3 is 12.1 Å². The number of ether oxygens (including phenoxy) is 2. The summed E-state index contributed by atoms with van der Waals surface area (Å²) in [6.45, 7) is 1.95. The molecule has 1 aliphatic rings. The number of carbonyl (C=O) groups excluding carboxylic acids is 1. The summed E-state index contributed by atoms with van der Waals surface area (Å²) in [7, 11) is 0. The molecule has 0 aliphatic carbocycles. The number of aromatic nitrogens is 1. The first-order valence-electron chi connectivity index (χ1n) is 8.66. The van der Waals surface area contributed by atoms with E-state index in [1.165, 1.54) is 18.4 Å². The van der Waals surface area contributed by atoms with Gasteiger partial charge in [-0.2, -0.15) is 18.2 Å². The minimum Gasteiger partial charge on any atom is -0.489 e. The Morgan fingerprint density at radius 3 is 2.68 bits per heavy atom. The molecule has 3 rings (SSSR count). The van der Waals surface area contributed by atoms with Crippen molar-refractivity contribution in [1.82, 2.24) is 4.98 Å². The molecule has 152 valence electrons. The summed E-state index contributed by atoms with van der Waals surface area (Å²) in [5.74, 6) is -0.328. The first-order valence-corrected chi connectivity index (χ1v) is 8.66. The van der Waals surface area contributed by atoms with Gasteiger partial charge in [-0.1, -0.05) is 0 Å². The molecule has 1 aromatic heterocycles. The van der Waals surface area contributed by atoms with Crippen LogP contribution in [0.2, 0.25) is 0 Å². The number of nitrogens with zero attached hydrogens (tertiary/aromatic N) is 2. The fraction of sp³-hybridized carbons (Fsp3) is 0.444. The number of aliphatic hydroxyl groups is 1. The fourth-order valence-corrected chi connectivity index (χ4v) is 2.98. The number of aliphatic hydroxyl groups excluding tert-OH is 1. The van der Waals surface area contributed by atoms with Gasteiger partial charge in [0, 0.05) is 6.42 Å². The largest absolute Gasteiger partial charge is 0.489 e. The quantitative estimate of drug-likeness (QED) is 0.747. The van der Waals surface area contributed by atoms with Gasteiger partial charge in [0.1, 0.15) is 18.1 Å². The molecular weight excluding hydrogens is 381 g/mol. The highest BCUT2D eigenvalue weighted by Crippen LogP contribution is 2.32. The van der Waals surface area contributed by atoms with E-state index in [9.17, 15) is 23.1 Å². The van der Waals surface area contributed by atoms with Crippen molar-refractivity contribution in [1.29, 1.82) is 0 Å². The van der Waals surface area contributed by atoms with Crippen LogP contribution in [0, 0.1) is 0 Å². The molecule has 1 saturated heterocycles. The van der Waals surface area contributed by atoms with Crippen molar-refractivity contribution in [2.45, 2.75) is 31.7 Å². The van der Waals surface area contributed by atoms with Crippen molar-refractivity contribution in [3.63, 3.8) is 0 Å². The molecule has 0 unspecified atom stereocenters. The van der Waals surface area contributed by atoms with Gasteiger partial charge in [-0.25, -0.2) is 4.79 Å². The first-order chi connectivity index (χ1) is 13.3. The smallest absolute Gasteiger partial charge is 0.416 e. The standard InChI is InChI=1S/C18H19F3N2O5/c1-2-26-16(25)15-10-27-17(22-15)23-8-14(7-12(23)9-24)28-13-5-3-11(4-6-13)18(19,20)21/h3-6,10,12,14,24H,2,7-9H2,1H3/t12-,14-/m0/s1. The summed E-state index contributed by atoms with van der Waals surface area (Å²) in [6, 6.07) is 4.18. The van der Waals surface area contributed by atoms with Crippen molar-refractivity contribution in [3.8, 4) is 5.75 Å². The maximum Gasteiger partial charge on any atom is 0.416 e. The third kappa shape index (κ3) is 4.38. The second kappa shape index (κ2) is 8.09. The third-order valence-electron chi connectivity index (χ3n) is 4.29. The molecule has 10 heteroatoms. The van der Waals surface area contributed by atoms with Crippen molar-refractivity contribution in [2.75, 3.05) is 24.7 Å². The number of rotatable bonds is 6. The zero-order valence-electron chi connectivity index (χ0n) is 15.0. The van der Waals surface area contributed by atoms with Gasteiger partial charge in [-0.3, -0.25) is 0 Å². The van der Waals surface area contributed by atoms with E-state index < -0.39 is 23.8 Å². The number of halogens is 3. The predicted octanol–water partition coefficient (Wildman–Crippen LogP) is 2.89. The molecule has 1 fully saturated rings. The zero-order chi connectivity index (χ0) is 20.3. The molecular formula is C18H19F3N2O5. The van der Waals surface area contributed by atoms with E-state index in [1.54, 1.807) is 11.8 Å². The van der Waals surface area contributed by atoms with Crippen LogP contribution in [0.15, 0.2) is 34.9 Å². The van der Waals surface area contributed by atoms with E-state index >= 15 is 0 Å². The number of hydrogen-bond donors (Lipinski definition) is 1. The molecule has 2 heterocycles. The van der Waals surface area contributed by atoms with E-state index in [1.807, 2.05) is 0 Å². The van der Waals surface area contributed by atoms with Gasteiger partial charge in [-0.15, -0.1) is 0 Å². The monoisotopic (exact) mass is 400 g/mol. The van der Waals surface area contributed by atoms with E-state index in [-0.39, 0.29) is 43.3 Å². The van der Waals surface area contributed by atoms with E-state index in [0.717, 1.165) is 12.1 Å². The van der Waals surface area contributed by atoms with Crippen LogP contribution in [-0.4, -0.2) is 48.0 Å². The summed E-state index contributed by atoms with van der Waals surface area (Å²) in [6.07, 6.45) is -3.22. The zero-order valence-corrected chi connectivity index (χ0v) is 15.0. The summed E-state index contributed by atoms with van der Waals surface area (Å²) in [4.78, 5) is 17.4. The van der Waals surface area contributed by atoms with Gasteiger partial charge in [0.15, 0.2) is 5.69 Å². The molecule has 7 nitrogen and oxygen atoms in total. The average Bonchev–Trinajstić information content (AvgIpc) is 3.28. The molecule has 2 atom stereocenters. The normalized spacial score (nSPS) is 19.7. The molecule has 0 bridgehead atoms. The molecule has 2 aromatic rings. The van der Waals surface area contributed by atoms with Crippen LogP contribution in [0.25, 0.3) is 0 Å². The fourth-order valence-electron chi connectivity index (χ4n) is 2.98. The lowest BCUT2D eigenvalue weighted by molar-refractivity contribution is -0.137. The van der Waals surface area contributed by atoms with Gasteiger partial charge < -0.3 is 23.9 Å². The Morgan fingerprint density at radius 2 is 2.07 bits per heavy atom.